The molecule has 0 aliphatic carbocycles. The number of hydrogen-bond acceptors (Lipinski definition) is 2. The van der Waals surface area contributed by atoms with Gasteiger partial charge in [0, 0.05) is 5.56 Å². The minimum absolute atomic E-state index is 0.421. The molecule has 1 N–H and O–H groups in total. The van der Waals surface area contributed by atoms with E-state index in [1.165, 1.54) is 0 Å². The van der Waals surface area contributed by atoms with Gasteiger partial charge in [0.05, 0.1) is 17.2 Å². The first-order valence-electron chi connectivity index (χ1n) is 5.80. The Bertz CT molecular complexity index is 597. The first-order valence-corrected chi connectivity index (χ1v) is 6.56. The molecule has 19 heavy (non-hydrogen) atoms. The second kappa shape index (κ2) is 5.83. The van der Waals surface area contributed by atoms with E-state index < -0.39 is 6.10 Å². The number of aliphatic hydroxyl groups is 1. The van der Waals surface area contributed by atoms with Crippen molar-refractivity contribution < 1.29 is 9.84 Å². The second-order valence-electron chi connectivity index (χ2n) is 4.32. The van der Waals surface area contributed by atoms with Crippen LogP contribution in [0.1, 0.15) is 22.8 Å². The van der Waals surface area contributed by atoms with Crippen molar-refractivity contribution in [3.05, 3.63) is 63.1 Å². The van der Waals surface area contributed by atoms with Crippen LogP contribution >= 0.6 is 23.2 Å². The standard InChI is InChI=1S/C15H14Cl2O2/c1-9-3-6-14(19-2)11(7-9)15(18)10-4-5-12(16)13(17)8-10/h3-8,15,18H,1-2H3. The number of halogens is 2. The van der Waals surface area contributed by atoms with Crippen LogP contribution in [0.25, 0.3) is 0 Å². The highest BCUT2D eigenvalue weighted by Gasteiger charge is 2.16. The highest BCUT2D eigenvalue weighted by molar-refractivity contribution is 6.42. The lowest BCUT2D eigenvalue weighted by atomic mass is 9.99. The fourth-order valence-corrected chi connectivity index (χ4v) is 2.24. The Kier molecular flexibility index (Phi) is 4.35. The molecule has 0 saturated carbocycles. The van der Waals surface area contributed by atoms with Crippen molar-refractivity contribution in [1.82, 2.24) is 0 Å². The summed E-state index contributed by atoms with van der Waals surface area (Å²) in [5.41, 5.74) is 2.44. The van der Waals surface area contributed by atoms with E-state index in [2.05, 4.69) is 0 Å². The van der Waals surface area contributed by atoms with Crippen LogP contribution in [0.3, 0.4) is 0 Å². The van der Waals surface area contributed by atoms with Crippen LogP contribution in [0.2, 0.25) is 10.0 Å². The van der Waals surface area contributed by atoms with Gasteiger partial charge >= 0.3 is 0 Å². The minimum atomic E-state index is -0.801. The van der Waals surface area contributed by atoms with E-state index in [-0.39, 0.29) is 0 Å². The van der Waals surface area contributed by atoms with E-state index in [1.54, 1.807) is 25.3 Å². The summed E-state index contributed by atoms with van der Waals surface area (Å²) < 4.78 is 5.28. The van der Waals surface area contributed by atoms with E-state index in [1.807, 2.05) is 25.1 Å². The maximum atomic E-state index is 10.5. The van der Waals surface area contributed by atoms with Gasteiger partial charge in [0.15, 0.2) is 0 Å². The molecular weight excluding hydrogens is 283 g/mol. The van der Waals surface area contributed by atoms with Crippen LogP contribution < -0.4 is 4.74 Å². The molecule has 100 valence electrons. The molecule has 2 rings (SSSR count). The van der Waals surface area contributed by atoms with Gasteiger partial charge in [0.1, 0.15) is 11.9 Å². The fraction of sp³-hybridized carbons (Fsp3) is 0.200. The summed E-state index contributed by atoms with van der Waals surface area (Å²) in [6, 6.07) is 10.8. The molecule has 0 spiro atoms. The van der Waals surface area contributed by atoms with Crippen molar-refractivity contribution in [3.63, 3.8) is 0 Å². The van der Waals surface area contributed by atoms with Crippen molar-refractivity contribution in [2.24, 2.45) is 0 Å². The number of aryl methyl sites for hydroxylation is 1. The predicted octanol–water partition coefficient (Wildman–Crippen LogP) is 4.39. The zero-order chi connectivity index (χ0) is 14.0. The van der Waals surface area contributed by atoms with Crippen LogP contribution in [0.5, 0.6) is 5.75 Å². The van der Waals surface area contributed by atoms with E-state index >= 15 is 0 Å². The van der Waals surface area contributed by atoms with Crippen molar-refractivity contribution in [2.75, 3.05) is 7.11 Å². The van der Waals surface area contributed by atoms with Gasteiger partial charge in [0.25, 0.3) is 0 Å². The lowest BCUT2D eigenvalue weighted by Gasteiger charge is -2.16. The molecule has 0 aromatic heterocycles. The molecule has 0 fully saturated rings. The lowest BCUT2D eigenvalue weighted by molar-refractivity contribution is 0.214. The monoisotopic (exact) mass is 296 g/mol. The third-order valence-corrected chi connectivity index (χ3v) is 3.68. The first-order chi connectivity index (χ1) is 9.02. The largest absolute Gasteiger partial charge is 0.496 e. The van der Waals surface area contributed by atoms with E-state index in [0.29, 0.717) is 26.9 Å². The van der Waals surface area contributed by atoms with Gasteiger partial charge in [-0.25, -0.2) is 0 Å². The Hall–Kier alpha value is -1.22. The Morgan fingerprint density at radius 3 is 2.42 bits per heavy atom. The zero-order valence-corrected chi connectivity index (χ0v) is 12.2. The molecule has 0 bridgehead atoms. The summed E-state index contributed by atoms with van der Waals surface area (Å²) >= 11 is 11.9. The van der Waals surface area contributed by atoms with Gasteiger partial charge in [-0.1, -0.05) is 40.9 Å². The quantitative estimate of drug-likeness (QED) is 0.910. The van der Waals surface area contributed by atoms with Crippen LogP contribution in [0.15, 0.2) is 36.4 Å². The Labute approximate surface area is 122 Å². The molecule has 1 unspecified atom stereocenters. The van der Waals surface area contributed by atoms with Gasteiger partial charge < -0.3 is 9.84 Å². The van der Waals surface area contributed by atoms with Gasteiger partial charge in [0.2, 0.25) is 0 Å². The summed E-state index contributed by atoms with van der Waals surface area (Å²) in [7, 11) is 1.58. The summed E-state index contributed by atoms with van der Waals surface area (Å²) in [5.74, 6) is 0.643. The van der Waals surface area contributed by atoms with Crippen LogP contribution in [0.4, 0.5) is 0 Å². The lowest BCUT2D eigenvalue weighted by Crippen LogP contribution is -2.03. The summed E-state index contributed by atoms with van der Waals surface area (Å²) in [6.07, 6.45) is -0.801. The van der Waals surface area contributed by atoms with E-state index in [9.17, 15) is 5.11 Å². The molecule has 2 aromatic rings. The topological polar surface area (TPSA) is 29.5 Å². The normalized spacial score (nSPS) is 12.3. The molecule has 2 nitrogen and oxygen atoms in total. The van der Waals surface area contributed by atoms with Gasteiger partial charge in [-0.2, -0.15) is 0 Å². The number of benzene rings is 2. The zero-order valence-electron chi connectivity index (χ0n) is 10.7. The molecule has 1 atom stereocenters. The SMILES string of the molecule is COc1ccc(C)cc1C(O)c1ccc(Cl)c(Cl)c1. The van der Waals surface area contributed by atoms with Crippen molar-refractivity contribution in [1.29, 1.82) is 0 Å². The van der Waals surface area contributed by atoms with E-state index in [0.717, 1.165) is 5.56 Å². The van der Waals surface area contributed by atoms with Crippen LogP contribution in [0, 0.1) is 6.92 Å². The van der Waals surface area contributed by atoms with Gasteiger partial charge in [-0.3, -0.25) is 0 Å². The summed E-state index contributed by atoms with van der Waals surface area (Å²) in [5, 5.41) is 11.3. The third-order valence-electron chi connectivity index (χ3n) is 2.94. The van der Waals surface area contributed by atoms with Crippen molar-refractivity contribution in [3.8, 4) is 5.75 Å². The Balaban J connectivity index is 2.45. The molecule has 4 heteroatoms. The maximum Gasteiger partial charge on any atom is 0.125 e. The molecule has 2 aromatic carbocycles. The van der Waals surface area contributed by atoms with Crippen molar-refractivity contribution >= 4 is 23.2 Å². The number of ether oxygens (including phenoxy) is 1. The summed E-state index contributed by atoms with van der Waals surface area (Å²) in [6.45, 7) is 1.96. The average molecular weight is 297 g/mol. The van der Waals surface area contributed by atoms with Crippen LogP contribution in [-0.2, 0) is 0 Å². The molecule has 0 heterocycles. The number of rotatable bonds is 3. The molecular formula is C15H14Cl2O2. The predicted molar refractivity (Wildman–Crippen MR) is 78.3 cm³/mol. The summed E-state index contributed by atoms with van der Waals surface area (Å²) in [4.78, 5) is 0. The number of methoxy groups -OCH3 is 1. The van der Waals surface area contributed by atoms with Gasteiger partial charge in [-0.15, -0.1) is 0 Å². The maximum absolute atomic E-state index is 10.5. The van der Waals surface area contributed by atoms with E-state index in [4.69, 9.17) is 27.9 Å². The number of hydrogen-bond donors (Lipinski definition) is 1. The fourth-order valence-electron chi connectivity index (χ4n) is 1.93. The smallest absolute Gasteiger partial charge is 0.125 e. The highest BCUT2D eigenvalue weighted by Crippen LogP contribution is 2.33. The highest BCUT2D eigenvalue weighted by atomic mass is 35.5. The molecule has 0 aliphatic heterocycles. The Morgan fingerprint density at radius 2 is 1.79 bits per heavy atom. The molecule has 0 saturated heterocycles. The number of aliphatic hydroxyl groups excluding tert-OH is 1. The molecule has 0 amide bonds. The van der Waals surface area contributed by atoms with Crippen LogP contribution in [-0.4, -0.2) is 12.2 Å². The average Bonchev–Trinajstić information content (AvgIpc) is 2.41. The second-order valence-corrected chi connectivity index (χ2v) is 5.14. The third kappa shape index (κ3) is 3.03. The first kappa shape index (κ1) is 14.2. The molecule has 0 aliphatic rings. The Morgan fingerprint density at radius 1 is 1.05 bits per heavy atom. The van der Waals surface area contributed by atoms with Gasteiger partial charge in [-0.05, 0) is 36.8 Å². The minimum Gasteiger partial charge on any atom is -0.496 e. The van der Waals surface area contributed by atoms with Crippen molar-refractivity contribution in [2.45, 2.75) is 13.0 Å². The molecule has 0 radical (unpaired) electrons.